The average molecular weight is 469 g/mol. The number of aryl methyl sites for hydroxylation is 1. The summed E-state index contributed by atoms with van der Waals surface area (Å²) < 4.78 is 16.6. The highest BCUT2D eigenvalue weighted by Gasteiger charge is 2.14. The molecule has 0 aliphatic rings. The number of carbonyl (C=O) groups excluding carboxylic acids is 1. The predicted octanol–water partition coefficient (Wildman–Crippen LogP) is 6.79. The molecule has 0 heterocycles. The van der Waals surface area contributed by atoms with Gasteiger partial charge in [0.1, 0.15) is 24.0 Å². The zero-order valence-corrected chi connectivity index (χ0v) is 20.9. The van der Waals surface area contributed by atoms with Gasteiger partial charge in [0.15, 0.2) is 0 Å². The Labute approximate surface area is 204 Å². The number of carbonyl (C=O) groups is 1. The Balaban J connectivity index is 1.82. The normalized spacial score (nSPS) is 12.1. The van der Waals surface area contributed by atoms with Gasteiger partial charge in [0, 0.05) is 6.61 Å². The van der Waals surface area contributed by atoms with Crippen molar-refractivity contribution in [2.24, 2.45) is 5.92 Å². The average Bonchev–Trinajstić information content (AvgIpc) is 2.85. The summed E-state index contributed by atoms with van der Waals surface area (Å²) in [5, 5.41) is 9.23. The first-order valence-corrected chi connectivity index (χ1v) is 12.5. The van der Waals surface area contributed by atoms with Crippen molar-refractivity contribution in [2.45, 2.75) is 71.6 Å². The maximum absolute atomic E-state index is 11.7. The number of hydrogen-bond acceptors (Lipinski definition) is 5. The summed E-state index contributed by atoms with van der Waals surface area (Å²) >= 11 is 0. The van der Waals surface area contributed by atoms with Crippen LogP contribution in [-0.4, -0.2) is 24.3 Å². The molecule has 0 radical (unpaired) electrons. The van der Waals surface area contributed by atoms with Gasteiger partial charge in [-0.2, -0.15) is 0 Å². The molecule has 0 bridgehead atoms. The molecule has 0 saturated carbocycles. The van der Waals surface area contributed by atoms with E-state index >= 15 is 0 Å². The number of unbranched alkanes of at least 4 members (excludes halogenated alkanes) is 2. The molecule has 0 amide bonds. The minimum atomic E-state index is -0.179. The van der Waals surface area contributed by atoms with Gasteiger partial charge in [-0.1, -0.05) is 57.9 Å². The molecule has 0 aliphatic heterocycles. The summed E-state index contributed by atoms with van der Waals surface area (Å²) in [6.07, 6.45) is 10.1. The van der Waals surface area contributed by atoms with Crippen LogP contribution in [0.4, 0.5) is 0 Å². The molecule has 1 N–H and O–H groups in total. The zero-order chi connectivity index (χ0) is 24.6. The largest absolute Gasteiger partial charge is 0.465 e. The third-order valence-electron chi connectivity index (χ3n) is 5.70. The molecule has 0 fully saturated rings. The summed E-state index contributed by atoms with van der Waals surface area (Å²) in [5.74, 6) is 1.40. The lowest BCUT2D eigenvalue weighted by molar-refractivity contribution is -0.147. The highest BCUT2D eigenvalue weighted by Crippen LogP contribution is 2.27. The van der Waals surface area contributed by atoms with Gasteiger partial charge >= 0.3 is 5.97 Å². The van der Waals surface area contributed by atoms with E-state index in [1.165, 1.54) is 37.4 Å². The van der Waals surface area contributed by atoms with Crippen molar-refractivity contribution in [1.82, 2.24) is 0 Å². The van der Waals surface area contributed by atoms with Crippen LogP contribution in [0.15, 0.2) is 61.1 Å². The van der Waals surface area contributed by atoms with E-state index in [2.05, 4.69) is 19.1 Å². The van der Waals surface area contributed by atoms with Crippen LogP contribution in [-0.2, 0) is 16.0 Å². The first-order chi connectivity index (χ1) is 16.5. The van der Waals surface area contributed by atoms with Gasteiger partial charge in [-0.25, -0.2) is 0 Å². The van der Waals surface area contributed by atoms with Crippen LogP contribution in [0, 0.1) is 5.92 Å². The third-order valence-corrected chi connectivity index (χ3v) is 5.70. The molecule has 5 heteroatoms. The second-order valence-electron chi connectivity index (χ2n) is 8.85. The Morgan fingerprint density at radius 2 is 1.50 bits per heavy atom. The number of rotatable bonds is 16. The minimum Gasteiger partial charge on any atom is -0.465 e. The summed E-state index contributed by atoms with van der Waals surface area (Å²) in [7, 11) is 0. The van der Waals surface area contributed by atoms with E-state index in [1.807, 2.05) is 50.2 Å². The molecule has 1 atom stereocenters. The Kier molecular flexibility index (Phi) is 12.9. The zero-order valence-electron chi connectivity index (χ0n) is 20.9. The maximum atomic E-state index is 11.7. The van der Waals surface area contributed by atoms with Gasteiger partial charge in [-0.3, -0.25) is 4.79 Å². The van der Waals surface area contributed by atoms with Gasteiger partial charge in [-0.15, -0.1) is 0 Å². The Morgan fingerprint density at radius 1 is 0.882 bits per heavy atom. The molecule has 0 spiro atoms. The lowest BCUT2D eigenvalue weighted by Crippen LogP contribution is -2.14. The first-order valence-electron chi connectivity index (χ1n) is 12.5. The number of esters is 1. The standard InChI is InChI=1S/C29H40O5/c1-4-5-6-8-24-10-14-27(15-11-24)32-21-22-33-28-16-12-26(13-17-28)25(9-7-19-30)18-20-34-29(31)23(2)3/h10-17,21-23,25,30H,4-9,18-20H2,1-3H3/b22-21-. The second kappa shape index (κ2) is 15.9. The fourth-order valence-electron chi connectivity index (χ4n) is 3.63. The van der Waals surface area contributed by atoms with Crippen molar-refractivity contribution in [3.05, 3.63) is 72.2 Å². The highest BCUT2D eigenvalue weighted by molar-refractivity contribution is 5.71. The monoisotopic (exact) mass is 468 g/mol. The Morgan fingerprint density at radius 3 is 2.06 bits per heavy atom. The minimum absolute atomic E-state index is 0.126. The van der Waals surface area contributed by atoms with E-state index < -0.39 is 0 Å². The van der Waals surface area contributed by atoms with E-state index in [-0.39, 0.29) is 24.4 Å². The molecule has 186 valence electrons. The van der Waals surface area contributed by atoms with E-state index in [1.54, 1.807) is 0 Å². The van der Waals surface area contributed by atoms with Gasteiger partial charge in [0.05, 0.1) is 12.5 Å². The molecule has 2 aromatic carbocycles. The van der Waals surface area contributed by atoms with Crippen molar-refractivity contribution in [2.75, 3.05) is 13.2 Å². The number of aliphatic hydroxyl groups excluding tert-OH is 1. The number of hydrogen-bond donors (Lipinski definition) is 1. The quantitative estimate of drug-likeness (QED) is 0.167. The predicted molar refractivity (Wildman–Crippen MR) is 136 cm³/mol. The molecular weight excluding hydrogens is 428 g/mol. The Hall–Kier alpha value is -2.79. The molecule has 0 aliphatic carbocycles. The van der Waals surface area contributed by atoms with Crippen molar-refractivity contribution in [1.29, 1.82) is 0 Å². The van der Waals surface area contributed by atoms with Crippen molar-refractivity contribution >= 4 is 5.97 Å². The fourth-order valence-corrected chi connectivity index (χ4v) is 3.63. The molecule has 0 aromatic heterocycles. The molecule has 1 unspecified atom stereocenters. The summed E-state index contributed by atoms with van der Waals surface area (Å²) in [4.78, 5) is 11.7. The second-order valence-corrected chi connectivity index (χ2v) is 8.85. The first kappa shape index (κ1) is 27.5. The molecular formula is C29H40O5. The van der Waals surface area contributed by atoms with Crippen LogP contribution in [0.3, 0.4) is 0 Å². The lowest BCUT2D eigenvalue weighted by Gasteiger charge is -2.18. The molecule has 2 rings (SSSR count). The molecule has 5 nitrogen and oxygen atoms in total. The topological polar surface area (TPSA) is 65.0 Å². The van der Waals surface area contributed by atoms with Crippen LogP contribution < -0.4 is 9.47 Å². The van der Waals surface area contributed by atoms with Crippen LogP contribution in [0.2, 0.25) is 0 Å². The molecule has 2 aromatic rings. The highest BCUT2D eigenvalue weighted by atomic mass is 16.5. The van der Waals surface area contributed by atoms with Crippen molar-refractivity contribution < 1.29 is 24.1 Å². The van der Waals surface area contributed by atoms with Gasteiger partial charge < -0.3 is 19.3 Å². The number of benzene rings is 2. The summed E-state index contributed by atoms with van der Waals surface area (Å²) in [5.41, 5.74) is 2.47. The SMILES string of the molecule is CCCCCc1ccc(O/C=C\Oc2ccc(C(CCCO)CCOC(=O)C(C)C)cc2)cc1. The maximum Gasteiger partial charge on any atom is 0.308 e. The van der Waals surface area contributed by atoms with E-state index in [4.69, 9.17) is 14.2 Å². The number of aliphatic hydroxyl groups is 1. The lowest BCUT2D eigenvalue weighted by atomic mass is 9.91. The van der Waals surface area contributed by atoms with Gasteiger partial charge in [0.2, 0.25) is 0 Å². The number of ether oxygens (including phenoxy) is 3. The van der Waals surface area contributed by atoms with Crippen molar-refractivity contribution in [3.8, 4) is 11.5 Å². The van der Waals surface area contributed by atoms with Crippen LogP contribution in [0.25, 0.3) is 0 Å². The summed E-state index contributed by atoms with van der Waals surface area (Å²) in [6, 6.07) is 16.0. The summed E-state index contributed by atoms with van der Waals surface area (Å²) in [6.45, 7) is 6.40. The van der Waals surface area contributed by atoms with Crippen LogP contribution >= 0.6 is 0 Å². The molecule has 34 heavy (non-hydrogen) atoms. The van der Waals surface area contributed by atoms with Crippen LogP contribution in [0.5, 0.6) is 11.5 Å². The van der Waals surface area contributed by atoms with E-state index in [9.17, 15) is 9.90 Å². The van der Waals surface area contributed by atoms with E-state index in [0.717, 1.165) is 30.6 Å². The third kappa shape index (κ3) is 10.4. The van der Waals surface area contributed by atoms with Crippen molar-refractivity contribution in [3.63, 3.8) is 0 Å². The van der Waals surface area contributed by atoms with Gasteiger partial charge in [-0.05, 0) is 73.4 Å². The fraction of sp³-hybridized carbons (Fsp3) is 0.483. The van der Waals surface area contributed by atoms with E-state index in [0.29, 0.717) is 18.8 Å². The van der Waals surface area contributed by atoms with Crippen LogP contribution in [0.1, 0.15) is 76.3 Å². The molecule has 0 saturated heterocycles. The smallest absolute Gasteiger partial charge is 0.308 e. The van der Waals surface area contributed by atoms with Gasteiger partial charge in [0.25, 0.3) is 0 Å². The Bertz CT molecular complexity index is 840.